The molecule has 2 atom stereocenters. The molecular weight excluding hydrogens is 436 g/mol. The molecule has 2 amide bonds. The number of benzene rings is 2. The number of rotatable bonds is 3. The number of fused-ring (bicyclic) bond motifs is 1. The minimum atomic E-state index is 0.0664. The zero-order valence-electron chi connectivity index (χ0n) is 20.7. The number of carbonyl (C=O) groups excluding carboxylic acids is 2. The van der Waals surface area contributed by atoms with Gasteiger partial charge in [0.25, 0.3) is 5.91 Å². The Bertz CT molecular complexity index is 1180. The molecule has 2 N–H and O–H groups in total. The highest BCUT2D eigenvalue weighted by Gasteiger charge is 2.28. The predicted molar refractivity (Wildman–Crippen MR) is 140 cm³/mol. The summed E-state index contributed by atoms with van der Waals surface area (Å²) in [5.74, 6) is 1.63. The molecule has 5 rings (SSSR count). The van der Waals surface area contributed by atoms with Crippen LogP contribution in [0.15, 0.2) is 53.0 Å². The number of amides is 2. The maximum atomic E-state index is 13.3. The van der Waals surface area contributed by atoms with Crippen LogP contribution in [0.5, 0.6) is 0 Å². The summed E-state index contributed by atoms with van der Waals surface area (Å²) in [5, 5.41) is 0. The van der Waals surface area contributed by atoms with Gasteiger partial charge in [-0.25, -0.2) is 4.99 Å². The van der Waals surface area contributed by atoms with Gasteiger partial charge in [-0.05, 0) is 66.5 Å². The van der Waals surface area contributed by atoms with Crippen LogP contribution >= 0.6 is 0 Å². The van der Waals surface area contributed by atoms with E-state index in [1.807, 2.05) is 58.3 Å². The van der Waals surface area contributed by atoms with Gasteiger partial charge >= 0.3 is 0 Å². The van der Waals surface area contributed by atoms with Crippen molar-refractivity contribution in [1.29, 1.82) is 0 Å². The summed E-state index contributed by atoms with van der Waals surface area (Å²) in [5.41, 5.74) is 11.4. The van der Waals surface area contributed by atoms with E-state index in [1.165, 1.54) is 0 Å². The van der Waals surface area contributed by atoms with Crippen LogP contribution in [0.3, 0.4) is 0 Å². The van der Waals surface area contributed by atoms with Crippen molar-refractivity contribution >= 4 is 29.4 Å². The SMILES string of the molecule is CC1CC(C)CN(C(=O)C2=Cc3ccc(-c4ccc(C(=O)N5CCCC5)cc4)cc3N=C(N)C2)C1. The number of nitrogens with two attached hydrogens (primary N) is 1. The largest absolute Gasteiger partial charge is 0.387 e. The lowest BCUT2D eigenvalue weighted by atomic mass is 9.91. The normalized spacial score (nSPS) is 22.2. The van der Waals surface area contributed by atoms with Crippen LogP contribution in [-0.4, -0.2) is 53.6 Å². The lowest BCUT2D eigenvalue weighted by Gasteiger charge is -2.35. The summed E-state index contributed by atoms with van der Waals surface area (Å²) >= 11 is 0. The molecule has 3 aliphatic rings. The van der Waals surface area contributed by atoms with Crippen LogP contribution in [0.4, 0.5) is 5.69 Å². The van der Waals surface area contributed by atoms with E-state index in [0.29, 0.717) is 29.7 Å². The second kappa shape index (κ2) is 9.68. The second-order valence-corrected chi connectivity index (χ2v) is 10.5. The standard InChI is InChI=1S/C29H34N4O2/c1-19-13-20(2)18-33(17-19)29(35)25-14-24-10-9-23(15-26(24)31-27(30)16-25)21-5-7-22(8-6-21)28(34)32-11-3-4-12-32/h5-10,14-15,19-20H,3-4,11-13,16-18H2,1-2H3,(H2,30,31). The van der Waals surface area contributed by atoms with E-state index < -0.39 is 0 Å². The lowest BCUT2D eigenvalue weighted by molar-refractivity contribution is -0.129. The fraction of sp³-hybridized carbons (Fsp3) is 0.414. The Hall–Kier alpha value is -3.41. The third-order valence-corrected chi connectivity index (χ3v) is 7.29. The smallest absolute Gasteiger partial charge is 0.253 e. The molecule has 0 bridgehead atoms. The van der Waals surface area contributed by atoms with Gasteiger partial charge < -0.3 is 15.5 Å². The number of likely N-dealkylation sites (tertiary alicyclic amines) is 2. The quantitative estimate of drug-likeness (QED) is 0.695. The minimum Gasteiger partial charge on any atom is -0.387 e. The van der Waals surface area contributed by atoms with Crippen LogP contribution < -0.4 is 5.73 Å². The van der Waals surface area contributed by atoms with Crippen molar-refractivity contribution in [3.63, 3.8) is 0 Å². The zero-order chi connectivity index (χ0) is 24.5. The average molecular weight is 471 g/mol. The van der Waals surface area contributed by atoms with E-state index in [1.54, 1.807) is 0 Å². The number of piperidine rings is 1. The molecule has 6 nitrogen and oxygen atoms in total. The van der Waals surface area contributed by atoms with E-state index in [2.05, 4.69) is 18.8 Å². The van der Waals surface area contributed by atoms with Gasteiger partial charge in [0, 0.05) is 49.3 Å². The molecule has 2 aromatic carbocycles. The van der Waals surface area contributed by atoms with Gasteiger partial charge in [-0.2, -0.15) is 0 Å². The van der Waals surface area contributed by atoms with E-state index in [0.717, 1.165) is 73.4 Å². The van der Waals surface area contributed by atoms with Crippen LogP contribution in [0.2, 0.25) is 0 Å². The number of carbonyl (C=O) groups is 2. The Balaban J connectivity index is 1.38. The molecule has 0 aliphatic carbocycles. The van der Waals surface area contributed by atoms with Crippen molar-refractivity contribution in [1.82, 2.24) is 9.80 Å². The molecule has 3 heterocycles. The highest BCUT2D eigenvalue weighted by molar-refractivity contribution is 6.05. The third kappa shape index (κ3) is 5.02. The summed E-state index contributed by atoms with van der Waals surface area (Å²) in [6.45, 7) is 7.69. The molecule has 0 spiro atoms. The molecule has 35 heavy (non-hydrogen) atoms. The maximum absolute atomic E-state index is 13.3. The molecule has 0 aromatic heterocycles. The van der Waals surface area contributed by atoms with Crippen LogP contribution in [0.25, 0.3) is 17.2 Å². The van der Waals surface area contributed by atoms with E-state index in [-0.39, 0.29) is 11.8 Å². The summed E-state index contributed by atoms with van der Waals surface area (Å²) in [7, 11) is 0. The minimum absolute atomic E-state index is 0.0664. The molecule has 0 radical (unpaired) electrons. The Morgan fingerprint density at radius 3 is 2.23 bits per heavy atom. The number of hydrogen-bond acceptors (Lipinski definition) is 4. The maximum Gasteiger partial charge on any atom is 0.253 e. The Morgan fingerprint density at radius 1 is 0.886 bits per heavy atom. The van der Waals surface area contributed by atoms with E-state index >= 15 is 0 Å². The first-order valence-electron chi connectivity index (χ1n) is 12.7. The first-order chi connectivity index (χ1) is 16.9. The molecule has 2 fully saturated rings. The summed E-state index contributed by atoms with van der Waals surface area (Å²) in [6.07, 6.45) is 5.63. The van der Waals surface area contributed by atoms with Crippen molar-refractivity contribution in [2.45, 2.75) is 39.5 Å². The van der Waals surface area contributed by atoms with Crippen molar-refractivity contribution in [2.24, 2.45) is 22.6 Å². The van der Waals surface area contributed by atoms with Crippen molar-refractivity contribution in [2.75, 3.05) is 26.2 Å². The summed E-state index contributed by atoms with van der Waals surface area (Å²) in [4.78, 5) is 34.5. The van der Waals surface area contributed by atoms with Crippen molar-refractivity contribution < 1.29 is 9.59 Å². The molecule has 2 saturated heterocycles. The molecule has 6 heteroatoms. The fourth-order valence-corrected chi connectivity index (χ4v) is 5.65. The first-order valence-corrected chi connectivity index (χ1v) is 12.7. The van der Waals surface area contributed by atoms with Gasteiger partial charge in [-0.15, -0.1) is 0 Å². The highest BCUT2D eigenvalue weighted by Crippen LogP contribution is 2.33. The number of amidine groups is 1. The van der Waals surface area contributed by atoms with Crippen molar-refractivity contribution in [3.05, 3.63) is 59.2 Å². The lowest BCUT2D eigenvalue weighted by Crippen LogP contribution is -2.43. The number of nitrogens with zero attached hydrogens (tertiary/aromatic N) is 3. The topological polar surface area (TPSA) is 79.0 Å². The van der Waals surface area contributed by atoms with Gasteiger partial charge in [-0.3, -0.25) is 9.59 Å². The van der Waals surface area contributed by atoms with Crippen molar-refractivity contribution in [3.8, 4) is 11.1 Å². The van der Waals surface area contributed by atoms with Gasteiger partial charge in [-0.1, -0.05) is 38.1 Å². The average Bonchev–Trinajstić information content (AvgIpc) is 3.32. The Kier molecular flexibility index (Phi) is 6.46. The summed E-state index contributed by atoms with van der Waals surface area (Å²) in [6, 6.07) is 13.8. The van der Waals surface area contributed by atoms with Gasteiger partial charge in [0.05, 0.1) is 5.69 Å². The van der Waals surface area contributed by atoms with Gasteiger partial charge in [0.1, 0.15) is 5.84 Å². The van der Waals surface area contributed by atoms with Gasteiger partial charge in [0.2, 0.25) is 5.91 Å². The monoisotopic (exact) mass is 470 g/mol. The first kappa shape index (κ1) is 23.3. The fourth-order valence-electron chi connectivity index (χ4n) is 5.65. The number of aliphatic imine (C=N–C) groups is 1. The number of hydrogen-bond donors (Lipinski definition) is 1. The molecule has 2 aromatic rings. The molecule has 3 aliphatic heterocycles. The second-order valence-electron chi connectivity index (χ2n) is 10.5. The van der Waals surface area contributed by atoms with Crippen LogP contribution in [-0.2, 0) is 4.79 Å². The van der Waals surface area contributed by atoms with Gasteiger partial charge in [0.15, 0.2) is 0 Å². The molecule has 2 unspecified atom stereocenters. The summed E-state index contributed by atoms with van der Waals surface area (Å²) < 4.78 is 0. The zero-order valence-corrected chi connectivity index (χ0v) is 20.7. The highest BCUT2D eigenvalue weighted by atomic mass is 16.2. The molecule has 182 valence electrons. The van der Waals surface area contributed by atoms with E-state index in [9.17, 15) is 9.59 Å². The Labute approximate surface area is 207 Å². The molecule has 0 saturated carbocycles. The third-order valence-electron chi connectivity index (χ3n) is 7.29. The predicted octanol–water partition coefficient (Wildman–Crippen LogP) is 4.87. The van der Waals surface area contributed by atoms with Crippen LogP contribution in [0.1, 0.15) is 55.5 Å². The molecular formula is C29H34N4O2. The van der Waals surface area contributed by atoms with Crippen LogP contribution in [0, 0.1) is 11.8 Å². The Morgan fingerprint density at radius 2 is 1.54 bits per heavy atom. The van der Waals surface area contributed by atoms with E-state index in [4.69, 9.17) is 5.73 Å².